The number of rotatable bonds is 5. The van der Waals surface area contributed by atoms with E-state index in [0.29, 0.717) is 34.0 Å². The first-order valence-electron chi connectivity index (χ1n) is 11.9. The summed E-state index contributed by atoms with van der Waals surface area (Å²) in [5, 5.41) is 47.5. The molecular formula is C26H14N8O8. The highest BCUT2D eigenvalue weighted by atomic mass is 16.7. The lowest BCUT2D eigenvalue weighted by Crippen LogP contribution is -2.07. The molecule has 8 bridgehead atoms. The number of nitrogens with zero attached hydrogens (tertiary/aromatic N) is 6. The van der Waals surface area contributed by atoms with E-state index in [1.807, 2.05) is 18.2 Å². The molecule has 5 heterocycles. The summed E-state index contributed by atoms with van der Waals surface area (Å²) in [6, 6.07) is 14.3. The van der Waals surface area contributed by atoms with E-state index in [9.17, 15) is 40.5 Å². The van der Waals surface area contributed by atoms with Crippen LogP contribution >= 0.6 is 0 Å². The van der Waals surface area contributed by atoms with Gasteiger partial charge in [-0.05, 0) is 66.8 Å². The summed E-state index contributed by atoms with van der Waals surface area (Å²) in [4.78, 5) is 57.8. The van der Waals surface area contributed by atoms with Crippen LogP contribution in [-0.2, 0) is 0 Å². The molecule has 3 aromatic heterocycles. The molecule has 4 aromatic rings. The average molecular weight is 566 g/mol. The molecule has 0 saturated carbocycles. The third-order valence-corrected chi connectivity index (χ3v) is 6.43. The summed E-state index contributed by atoms with van der Waals surface area (Å²) >= 11 is 0. The first-order valence-corrected chi connectivity index (χ1v) is 11.9. The molecule has 0 saturated heterocycles. The Bertz CT molecular complexity index is 2130. The Morgan fingerprint density at radius 2 is 1.05 bits per heavy atom. The highest BCUT2D eigenvalue weighted by Gasteiger charge is 2.47. The van der Waals surface area contributed by atoms with Crippen LogP contribution in [-0.4, -0.2) is 39.6 Å². The van der Waals surface area contributed by atoms with E-state index >= 15 is 0 Å². The van der Waals surface area contributed by atoms with E-state index in [0.717, 1.165) is 5.52 Å². The molecule has 2 aliphatic heterocycles. The van der Waals surface area contributed by atoms with Crippen molar-refractivity contribution in [3.63, 3.8) is 0 Å². The summed E-state index contributed by atoms with van der Waals surface area (Å²) in [7, 11) is 0. The third-order valence-electron chi connectivity index (χ3n) is 6.43. The van der Waals surface area contributed by atoms with E-state index in [1.165, 1.54) is 12.1 Å². The first kappa shape index (κ1) is 25.7. The van der Waals surface area contributed by atoms with Crippen molar-refractivity contribution in [1.82, 2.24) is 19.9 Å². The van der Waals surface area contributed by atoms with Gasteiger partial charge in [0.25, 0.3) is 0 Å². The number of nitrogens with one attached hydrogen (secondary N) is 2. The zero-order valence-electron chi connectivity index (χ0n) is 20.9. The maximum atomic E-state index is 12.2. The molecule has 2 N–H and O–H groups in total. The second kappa shape index (κ2) is 9.56. The van der Waals surface area contributed by atoms with Crippen molar-refractivity contribution in [2.75, 3.05) is 0 Å². The summed E-state index contributed by atoms with van der Waals surface area (Å²) < 4.78 is 0. The van der Waals surface area contributed by atoms with Gasteiger partial charge in [-0.2, -0.15) is 0 Å². The Hall–Kier alpha value is -6.58. The highest BCUT2D eigenvalue weighted by Crippen LogP contribution is 2.49. The van der Waals surface area contributed by atoms with Crippen LogP contribution in [0.5, 0.6) is 0 Å². The predicted molar refractivity (Wildman–Crippen MR) is 150 cm³/mol. The second-order valence-electron chi connectivity index (χ2n) is 9.11. The number of aromatic nitrogens is 4. The van der Waals surface area contributed by atoms with Gasteiger partial charge in [-0.3, -0.25) is 40.5 Å². The minimum Gasteiger partial charge on any atom is -0.355 e. The van der Waals surface area contributed by atoms with Crippen LogP contribution in [0.25, 0.3) is 45.9 Å². The average Bonchev–Trinajstić information content (AvgIpc) is 3.72. The highest BCUT2D eigenvalue weighted by molar-refractivity contribution is 5.99. The van der Waals surface area contributed by atoms with E-state index in [-0.39, 0.29) is 17.0 Å². The van der Waals surface area contributed by atoms with Crippen molar-refractivity contribution >= 4 is 68.6 Å². The number of aromatic amines is 2. The van der Waals surface area contributed by atoms with Crippen molar-refractivity contribution < 1.29 is 19.7 Å². The van der Waals surface area contributed by atoms with Crippen LogP contribution in [0, 0.1) is 40.5 Å². The number of fused-ring (bicyclic) bond motifs is 8. The predicted octanol–water partition coefficient (Wildman–Crippen LogP) is 5.71. The Balaban J connectivity index is 1.71. The van der Waals surface area contributed by atoms with Crippen LogP contribution in [0.4, 0.5) is 22.7 Å². The third kappa shape index (κ3) is 4.49. The molecule has 0 fully saturated rings. The fourth-order valence-corrected chi connectivity index (χ4v) is 4.75. The normalized spacial score (nSPS) is 12.1. The standard InChI is InChI=1S/C26H14N8O8/c35-31(36)23-12-21(24(32(37)38)26(34(41)42)25(23)33(39)40)20-10-19-9-17-4-3-15(28-17)7-13-1-2-14(27-13)8-16-5-6-18(29-16)11-22(20)30-19/h1-12,28-29H. The molecule has 0 aliphatic carbocycles. The molecule has 16 nitrogen and oxygen atoms in total. The monoisotopic (exact) mass is 566 g/mol. The molecular weight excluding hydrogens is 552 g/mol. The molecule has 1 aromatic carbocycles. The van der Waals surface area contributed by atoms with Gasteiger partial charge in [0.05, 0.1) is 48.0 Å². The van der Waals surface area contributed by atoms with Gasteiger partial charge in [0.1, 0.15) is 0 Å². The molecule has 6 rings (SSSR count). The molecule has 16 heteroatoms. The van der Waals surface area contributed by atoms with Crippen LogP contribution in [0.3, 0.4) is 0 Å². The Kier molecular flexibility index (Phi) is 5.85. The largest absolute Gasteiger partial charge is 0.430 e. The van der Waals surface area contributed by atoms with Crippen molar-refractivity contribution in [2.45, 2.75) is 0 Å². The SMILES string of the molecule is O=[N+]([O-])c1cc(C2=Cc3cc4ccc(cc5nc(cc6ccc(cc2n3)[nH]6)C=C5)[nH]4)c([N+](=O)[O-])c([N+](=O)[O-])c1[N+](=O)[O-]. The summed E-state index contributed by atoms with van der Waals surface area (Å²) in [5.74, 6) is 0. The summed E-state index contributed by atoms with van der Waals surface area (Å²) in [6.45, 7) is 0. The summed E-state index contributed by atoms with van der Waals surface area (Å²) in [5.41, 5.74) is -2.25. The van der Waals surface area contributed by atoms with Gasteiger partial charge >= 0.3 is 22.7 Å². The van der Waals surface area contributed by atoms with Crippen molar-refractivity contribution in [2.24, 2.45) is 0 Å². The maximum Gasteiger partial charge on any atom is 0.430 e. The van der Waals surface area contributed by atoms with Gasteiger partial charge in [0.15, 0.2) is 0 Å². The fourth-order valence-electron chi connectivity index (χ4n) is 4.75. The maximum absolute atomic E-state index is 12.2. The van der Waals surface area contributed by atoms with E-state index in [1.54, 1.807) is 36.4 Å². The quantitative estimate of drug-likeness (QED) is 0.191. The fraction of sp³-hybridized carbons (Fsp3) is 0. The second-order valence-corrected chi connectivity index (χ2v) is 9.11. The number of nitro benzene ring substituents is 4. The number of benzene rings is 1. The van der Waals surface area contributed by atoms with Gasteiger partial charge < -0.3 is 9.97 Å². The molecule has 0 amide bonds. The van der Waals surface area contributed by atoms with Gasteiger partial charge in [-0.15, -0.1) is 0 Å². The zero-order valence-corrected chi connectivity index (χ0v) is 20.9. The van der Waals surface area contributed by atoms with E-state index in [2.05, 4.69) is 19.9 Å². The van der Waals surface area contributed by atoms with Crippen LogP contribution < -0.4 is 0 Å². The lowest BCUT2D eigenvalue weighted by atomic mass is 9.98. The lowest BCUT2D eigenvalue weighted by molar-refractivity contribution is -0.452. The molecule has 206 valence electrons. The Labute approximate surface area is 231 Å². The number of nitro groups is 4. The molecule has 0 unspecified atom stereocenters. The summed E-state index contributed by atoms with van der Waals surface area (Å²) in [6.07, 6.45) is 5.05. The Morgan fingerprint density at radius 1 is 0.548 bits per heavy atom. The molecule has 42 heavy (non-hydrogen) atoms. The number of hydrogen-bond acceptors (Lipinski definition) is 10. The van der Waals surface area contributed by atoms with Gasteiger partial charge in [0, 0.05) is 33.7 Å². The van der Waals surface area contributed by atoms with Crippen LogP contribution in [0.1, 0.15) is 28.3 Å². The minimum atomic E-state index is -1.60. The number of hydrogen-bond donors (Lipinski definition) is 2. The van der Waals surface area contributed by atoms with Crippen molar-refractivity contribution in [3.05, 3.63) is 123 Å². The van der Waals surface area contributed by atoms with Gasteiger partial charge in [0.2, 0.25) is 0 Å². The Morgan fingerprint density at radius 3 is 1.55 bits per heavy atom. The van der Waals surface area contributed by atoms with Gasteiger partial charge in [-0.1, -0.05) is 0 Å². The van der Waals surface area contributed by atoms with Gasteiger partial charge in [-0.25, -0.2) is 9.97 Å². The molecule has 2 aliphatic rings. The molecule has 0 atom stereocenters. The number of H-pyrrole nitrogens is 2. The first-order chi connectivity index (χ1) is 20.1. The van der Waals surface area contributed by atoms with Crippen molar-refractivity contribution in [3.8, 4) is 0 Å². The van der Waals surface area contributed by atoms with E-state index < -0.39 is 48.0 Å². The molecule has 0 radical (unpaired) electrons. The van der Waals surface area contributed by atoms with Crippen molar-refractivity contribution in [1.29, 1.82) is 0 Å². The molecule has 0 spiro atoms. The minimum absolute atomic E-state index is 0.0642. The zero-order chi connectivity index (χ0) is 29.7. The van der Waals surface area contributed by atoms with Crippen LogP contribution in [0.2, 0.25) is 0 Å². The van der Waals surface area contributed by atoms with E-state index in [4.69, 9.17) is 0 Å². The topological polar surface area (TPSA) is 230 Å². The lowest BCUT2D eigenvalue weighted by Gasteiger charge is -2.06. The van der Waals surface area contributed by atoms with Crippen LogP contribution in [0.15, 0.2) is 54.6 Å². The smallest absolute Gasteiger partial charge is 0.355 e.